The quantitative estimate of drug-likeness (QED) is 0.845. The Balaban J connectivity index is 1.73. The predicted octanol–water partition coefficient (Wildman–Crippen LogP) is 3.05. The molecular weight excluding hydrogens is 298 g/mol. The Labute approximate surface area is 145 Å². The Morgan fingerprint density at radius 1 is 1.04 bits per heavy atom. The van der Waals surface area contributed by atoms with Gasteiger partial charge in [-0.2, -0.15) is 0 Å². The third kappa shape index (κ3) is 2.16. The molecule has 4 aliphatic heterocycles. The van der Waals surface area contributed by atoms with E-state index in [-0.39, 0.29) is 17.0 Å². The van der Waals surface area contributed by atoms with Gasteiger partial charge in [0.1, 0.15) is 5.78 Å². The molecule has 0 saturated carbocycles. The minimum absolute atomic E-state index is 0.142. The molecule has 4 saturated heterocycles. The molecule has 0 spiro atoms. The monoisotopic (exact) mass is 327 g/mol. The van der Waals surface area contributed by atoms with Crippen molar-refractivity contribution in [2.24, 2.45) is 10.8 Å². The third-order valence-electron chi connectivity index (χ3n) is 6.34. The number of nitrogens with two attached hydrogens (primary N) is 1. The van der Waals surface area contributed by atoms with Crippen LogP contribution in [-0.2, 0) is 4.79 Å². The van der Waals surface area contributed by atoms with E-state index in [0.717, 1.165) is 57.5 Å². The molecule has 5 rings (SSSR count). The standard InChI is InChI=1S/C20H29N3O/c1-3-8-19-11-22-13-20(9-4-2,18(19)24)14-23(12-19)17(22)15-6-5-7-16(21)10-15/h5-7,10,17H,3-4,8-9,11-14,21H2,1-2H3. The maximum atomic E-state index is 13.4. The van der Waals surface area contributed by atoms with Crippen LogP contribution in [0.3, 0.4) is 0 Å². The molecule has 4 heterocycles. The number of hydrogen-bond acceptors (Lipinski definition) is 4. The smallest absolute Gasteiger partial charge is 0.150 e. The van der Waals surface area contributed by atoms with E-state index in [0.29, 0.717) is 5.78 Å². The number of ketones is 1. The predicted molar refractivity (Wildman–Crippen MR) is 96.4 cm³/mol. The molecule has 0 aromatic heterocycles. The van der Waals surface area contributed by atoms with Crippen LogP contribution >= 0.6 is 0 Å². The summed E-state index contributed by atoms with van der Waals surface area (Å²) >= 11 is 0. The van der Waals surface area contributed by atoms with Crippen molar-refractivity contribution in [3.8, 4) is 0 Å². The Hall–Kier alpha value is -1.39. The molecule has 4 heteroatoms. The van der Waals surface area contributed by atoms with Crippen LogP contribution in [-0.4, -0.2) is 41.8 Å². The highest BCUT2D eigenvalue weighted by Gasteiger charge is 2.64. The molecule has 4 fully saturated rings. The summed E-state index contributed by atoms with van der Waals surface area (Å²) in [7, 11) is 0. The Bertz CT molecular complexity index is 612. The number of carbonyl (C=O) groups is 1. The van der Waals surface area contributed by atoms with E-state index in [1.165, 1.54) is 5.56 Å². The van der Waals surface area contributed by atoms with Crippen molar-refractivity contribution in [3.63, 3.8) is 0 Å². The first-order chi connectivity index (χ1) is 11.5. The Morgan fingerprint density at radius 3 is 2.04 bits per heavy atom. The number of anilines is 1. The molecule has 4 aliphatic rings. The SMILES string of the molecule is CCCC12CN3CC(CCC)(CN(C1)C3c1cccc(N)c1)C2=O. The second-order valence-corrected chi connectivity index (χ2v) is 8.24. The number of Topliss-reactive ketones (excluding diaryl/α,β-unsaturated/α-hetero) is 1. The van der Waals surface area contributed by atoms with E-state index in [4.69, 9.17) is 5.73 Å². The number of hydrogen-bond donors (Lipinski definition) is 1. The lowest BCUT2D eigenvalue weighted by atomic mass is 9.57. The molecule has 0 amide bonds. The van der Waals surface area contributed by atoms with E-state index in [2.05, 4.69) is 35.8 Å². The van der Waals surface area contributed by atoms with Gasteiger partial charge in [-0.25, -0.2) is 0 Å². The first-order valence-electron chi connectivity index (χ1n) is 9.42. The molecule has 2 N–H and O–H groups in total. The van der Waals surface area contributed by atoms with Gasteiger partial charge < -0.3 is 5.73 Å². The third-order valence-corrected chi connectivity index (χ3v) is 6.34. The highest BCUT2D eigenvalue weighted by molar-refractivity contribution is 5.93. The molecule has 1 aromatic carbocycles. The lowest BCUT2D eigenvalue weighted by Gasteiger charge is -2.66. The summed E-state index contributed by atoms with van der Waals surface area (Å²) in [5, 5.41) is 0. The molecule has 1 aromatic rings. The van der Waals surface area contributed by atoms with Crippen molar-refractivity contribution in [2.45, 2.75) is 45.7 Å². The zero-order chi connectivity index (χ0) is 16.9. The van der Waals surface area contributed by atoms with Crippen LogP contribution in [0.5, 0.6) is 0 Å². The van der Waals surface area contributed by atoms with Crippen molar-refractivity contribution in [1.82, 2.24) is 9.80 Å². The van der Waals surface area contributed by atoms with E-state index in [9.17, 15) is 4.79 Å². The average molecular weight is 327 g/mol. The number of nitrogens with zero attached hydrogens (tertiary/aromatic N) is 2. The van der Waals surface area contributed by atoms with Gasteiger partial charge in [-0.3, -0.25) is 14.6 Å². The van der Waals surface area contributed by atoms with E-state index in [1.807, 2.05) is 12.1 Å². The van der Waals surface area contributed by atoms with Crippen molar-refractivity contribution in [2.75, 3.05) is 31.9 Å². The largest absolute Gasteiger partial charge is 0.399 e. The summed E-state index contributed by atoms with van der Waals surface area (Å²) in [6.45, 7) is 8.08. The van der Waals surface area contributed by atoms with Gasteiger partial charge in [-0.05, 0) is 30.5 Å². The second kappa shape index (κ2) is 5.57. The molecule has 4 bridgehead atoms. The van der Waals surface area contributed by atoms with Crippen molar-refractivity contribution in [3.05, 3.63) is 29.8 Å². The first kappa shape index (κ1) is 16.1. The molecule has 24 heavy (non-hydrogen) atoms. The minimum atomic E-state index is -0.142. The molecular formula is C20H29N3O. The van der Waals surface area contributed by atoms with E-state index < -0.39 is 0 Å². The molecule has 4 nitrogen and oxygen atoms in total. The first-order valence-corrected chi connectivity index (χ1v) is 9.42. The van der Waals surface area contributed by atoms with Gasteiger partial charge in [0.25, 0.3) is 0 Å². The van der Waals surface area contributed by atoms with Crippen LogP contribution in [0.1, 0.15) is 51.3 Å². The molecule has 0 radical (unpaired) electrons. The van der Waals surface area contributed by atoms with E-state index >= 15 is 0 Å². The number of piperidine rings is 2. The topological polar surface area (TPSA) is 49.6 Å². The van der Waals surface area contributed by atoms with Crippen LogP contribution in [0.4, 0.5) is 5.69 Å². The van der Waals surface area contributed by atoms with Gasteiger partial charge in [-0.15, -0.1) is 0 Å². The van der Waals surface area contributed by atoms with E-state index in [1.54, 1.807) is 0 Å². The van der Waals surface area contributed by atoms with Crippen LogP contribution in [0.2, 0.25) is 0 Å². The van der Waals surface area contributed by atoms with Crippen LogP contribution in [0.25, 0.3) is 0 Å². The van der Waals surface area contributed by atoms with Crippen LogP contribution in [0.15, 0.2) is 24.3 Å². The van der Waals surface area contributed by atoms with Crippen molar-refractivity contribution < 1.29 is 4.79 Å². The van der Waals surface area contributed by atoms with Crippen molar-refractivity contribution >= 4 is 11.5 Å². The van der Waals surface area contributed by atoms with Gasteiger partial charge in [0.05, 0.1) is 17.0 Å². The van der Waals surface area contributed by atoms with Gasteiger partial charge >= 0.3 is 0 Å². The average Bonchev–Trinajstić information content (AvgIpc) is 2.52. The molecule has 0 aliphatic carbocycles. The van der Waals surface area contributed by atoms with Gasteiger partial charge in [0.2, 0.25) is 0 Å². The fourth-order valence-electron chi connectivity index (χ4n) is 5.84. The number of rotatable bonds is 5. The molecule has 130 valence electrons. The number of carbonyl (C=O) groups excluding carboxylic acids is 1. The summed E-state index contributed by atoms with van der Waals surface area (Å²) in [5.74, 6) is 0.567. The highest BCUT2D eigenvalue weighted by atomic mass is 16.1. The molecule has 0 unspecified atom stereocenters. The van der Waals surface area contributed by atoms with Gasteiger partial charge in [-0.1, -0.05) is 38.8 Å². The lowest BCUT2D eigenvalue weighted by molar-refractivity contribution is -0.205. The normalized spacial score (nSPS) is 40.2. The second-order valence-electron chi connectivity index (χ2n) is 8.24. The van der Waals surface area contributed by atoms with Gasteiger partial charge in [0.15, 0.2) is 0 Å². The summed E-state index contributed by atoms with van der Waals surface area (Å²) in [5.41, 5.74) is 7.85. The Kier molecular flexibility index (Phi) is 3.73. The summed E-state index contributed by atoms with van der Waals surface area (Å²) in [6, 6.07) is 8.29. The lowest BCUT2D eigenvalue weighted by Crippen LogP contribution is -2.76. The van der Waals surface area contributed by atoms with Crippen LogP contribution in [0, 0.1) is 10.8 Å². The fraction of sp³-hybridized carbons (Fsp3) is 0.650. The maximum absolute atomic E-state index is 13.4. The zero-order valence-corrected chi connectivity index (χ0v) is 14.9. The maximum Gasteiger partial charge on any atom is 0.150 e. The minimum Gasteiger partial charge on any atom is -0.399 e. The Morgan fingerprint density at radius 2 is 1.58 bits per heavy atom. The zero-order valence-electron chi connectivity index (χ0n) is 14.9. The highest BCUT2D eigenvalue weighted by Crippen LogP contribution is 2.55. The summed E-state index contributed by atoms with van der Waals surface area (Å²) in [6.07, 6.45) is 4.50. The van der Waals surface area contributed by atoms with Gasteiger partial charge in [0, 0.05) is 31.9 Å². The summed E-state index contributed by atoms with van der Waals surface area (Å²) in [4.78, 5) is 18.5. The van der Waals surface area contributed by atoms with Crippen LogP contribution < -0.4 is 5.73 Å². The molecule has 0 atom stereocenters. The summed E-state index contributed by atoms with van der Waals surface area (Å²) < 4.78 is 0. The van der Waals surface area contributed by atoms with Crippen molar-refractivity contribution in [1.29, 1.82) is 0 Å². The number of benzene rings is 1. The number of nitrogen functional groups attached to an aromatic ring is 1. The fourth-order valence-corrected chi connectivity index (χ4v) is 5.84.